The molecule has 0 spiro atoms. The maximum Gasteiger partial charge on any atom is 0.146 e. The van der Waals surface area contributed by atoms with Gasteiger partial charge < -0.3 is 4.74 Å². The molecule has 1 aliphatic heterocycles. The van der Waals surface area contributed by atoms with E-state index in [1.54, 1.807) is 0 Å². The van der Waals surface area contributed by atoms with Gasteiger partial charge in [0.15, 0.2) is 0 Å². The molecule has 1 unspecified atom stereocenters. The number of hydrogen-bond donors (Lipinski definition) is 0. The lowest BCUT2D eigenvalue weighted by Crippen LogP contribution is -2.18. The van der Waals surface area contributed by atoms with Gasteiger partial charge in [-0.15, -0.1) is 0 Å². The van der Waals surface area contributed by atoms with Crippen LogP contribution in [0.1, 0.15) is 22.8 Å². The molecular formula is C22H18O. The maximum absolute atomic E-state index is 6.33. The molecule has 0 bridgehead atoms. The molecule has 1 heteroatoms. The van der Waals surface area contributed by atoms with Gasteiger partial charge in [0.05, 0.1) is 0 Å². The van der Waals surface area contributed by atoms with E-state index in [2.05, 4.69) is 72.8 Å². The summed E-state index contributed by atoms with van der Waals surface area (Å²) in [4.78, 5) is 0. The zero-order valence-electron chi connectivity index (χ0n) is 12.9. The average Bonchev–Trinajstić information content (AvgIpc) is 2.63. The molecule has 0 aromatic heterocycles. The highest BCUT2D eigenvalue weighted by Gasteiger charge is 2.25. The first-order chi connectivity index (χ1) is 11.4. The molecule has 3 aromatic rings. The van der Waals surface area contributed by atoms with Gasteiger partial charge in [-0.1, -0.05) is 84.9 Å². The number of para-hydroxylation sites is 1. The average molecular weight is 298 g/mol. The Bertz CT molecular complexity index is 819. The summed E-state index contributed by atoms with van der Waals surface area (Å²) in [5.41, 5.74) is 4.96. The third kappa shape index (κ3) is 2.91. The number of ether oxygens (including phenoxy) is 1. The van der Waals surface area contributed by atoms with Crippen LogP contribution in [0, 0.1) is 0 Å². The van der Waals surface area contributed by atoms with Crippen LogP contribution in [0.25, 0.3) is 6.08 Å². The minimum atomic E-state index is -0.0219. The number of rotatable bonds is 2. The van der Waals surface area contributed by atoms with E-state index in [-0.39, 0.29) is 6.10 Å². The van der Waals surface area contributed by atoms with Crippen molar-refractivity contribution in [2.24, 2.45) is 0 Å². The third-order valence-electron chi connectivity index (χ3n) is 4.20. The molecule has 1 nitrogen and oxygen atoms in total. The summed E-state index contributed by atoms with van der Waals surface area (Å²) in [6.45, 7) is 0. The van der Waals surface area contributed by atoms with Gasteiger partial charge in [0.2, 0.25) is 0 Å². The third-order valence-corrected chi connectivity index (χ3v) is 4.20. The van der Waals surface area contributed by atoms with Crippen LogP contribution in [0.4, 0.5) is 0 Å². The molecule has 0 N–H and O–H groups in total. The lowest BCUT2D eigenvalue weighted by Gasteiger charge is -2.29. The second-order valence-electron chi connectivity index (χ2n) is 5.82. The Kier molecular flexibility index (Phi) is 3.69. The van der Waals surface area contributed by atoms with E-state index in [0.29, 0.717) is 0 Å². The second kappa shape index (κ2) is 6.13. The fourth-order valence-corrected chi connectivity index (χ4v) is 3.08. The van der Waals surface area contributed by atoms with Crippen LogP contribution >= 0.6 is 0 Å². The maximum atomic E-state index is 6.33. The van der Waals surface area contributed by atoms with Gasteiger partial charge >= 0.3 is 0 Å². The van der Waals surface area contributed by atoms with Crippen LogP contribution in [0.5, 0.6) is 5.75 Å². The van der Waals surface area contributed by atoms with Gasteiger partial charge in [0, 0.05) is 6.42 Å². The number of benzene rings is 3. The lowest BCUT2D eigenvalue weighted by atomic mass is 9.91. The van der Waals surface area contributed by atoms with Crippen molar-refractivity contribution in [2.45, 2.75) is 12.5 Å². The zero-order chi connectivity index (χ0) is 15.5. The van der Waals surface area contributed by atoms with Crippen LogP contribution in [-0.2, 0) is 6.42 Å². The normalized spacial score (nSPS) is 18.3. The molecule has 0 aliphatic carbocycles. The van der Waals surface area contributed by atoms with E-state index in [9.17, 15) is 0 Å². The van der Waals surface area contributed by atoms with Crippen molar-refractivity contribution in [1.82, 2.24) is 0 Å². The van der Waals surface area contributed by atoms with E-state index < -0.39 is 0 Å². The van der Waals surface area contributed by atoms with Gasteiger partial charge in [-0.25, -0.2) is 0 Å². The summed E-state index contributed by atoms with van der Waals surface area (Å²) in [5.74, 6) is 0.992. The Morgan fingerprint density at radius 1 is 0.739 bits per heavy atom. The standard InChI is InChI=1S/C22H18O/c1-3-9-17(10-4-1)15-20-16-19-13-7-8-14-21(19)23-22(20)18-11-5-2-6-12-18/h1-15,22H,16H2. The predicted octanol–water partition coefficient (Wildman–Crippen LogP) is 5.45. The van der Waals surface area contributed by atoms with E-state index >= 15 is 0 Å². The molecule has 1 heterocycles. The Labute approximate surface area is 136 Å². The van der Waals surface area contributed by atoms with Gasteiger partial charge in [0.1, 0.15) is 11.9 Å². The molecule has 1 atom stereocenters. The second-order valence-corrected chi connectivity index (χ2v) is 5.82. The Balaban J connectivity index is 1.79. The molecule has 0 saturated heterocycles. The lowest BCUT2D eigenvalue weighted by molar-refractivity contribution is 0.226. The van der Waals surface area contributed by atoms with Crippen LogP contribution < -0.4 is 4.74 Å². The first-order valence-corrected chi connectivity index (χ1v) is 7.95. The molecule has 112 valence electrons. The molecule has 0 saturated carbocycles. The van der Waals surface area contributed by atoms with E-state index in [1.165, 1.54) is 22.3 Å². The number of hydrogen-bond acceptors (Lipinski definition) is 1. The molecule has 1 aliphatic rings. The summed E-state index contributed by atoms with van der Waals surface area (Å²) in [7, 11) is 0. The summed E-state index contributed by atoms with van der Waals surface area (Å²) in [6.07, 6.45) is 3.16. The van der Waals surface area contributed by atoms with Gasteiger partial charge in [-0.3, -0.25) is 0 Å². The summed E-state index contributed by atoms with van der Waals surface area (Å²) < 4.78 is 6.33. The summed E-state index contributed by atoms with van der Waals surface area (Å²) in [6, 6.07) is 29.2. The molecular weight excluding hydrogens is 280 g/mol. The smallest absolute Gasteiger partial charge is 0.146 e. The quantitative estimate of drug-likeness (QED) is 0.611. The van der Waals surface area contributed by atoms with Crippen LogP contribution in [0.2, 0.25) is 0 Å². The molecule has 3 aromatic carbocycles. The van der Waals surface area contributed by atoms with Crippen LogP contribution in [0.3, 0.4) is 0 Å². The summed E-state index contributed by atoms with van der Waals surface area (Å²) in [5, 5.41) is 0. The van der Waals surface area contributed by atoms with Crippen molar-refractivity contribution in [2.75, 3.05) is 0 Å². The molecule has 0 radical (unpaired) electrons. The number of fused-ring (bicyclic) bond motifs is 1. The first-order valence-electron chi connectivity index (χ1n) is 7.95. The Morgan fingerprint density at radius 2 is 1.39 bits per heavy atom. The van der Waals surface area contributed by atoms with Gasteiger partial charge in [-0.2, -0.15) is 0 Å². The fourth-order valence-electron chi connectivity index (χ4n) is 3.08. The van der Waals surface area contributed by atoms with Gasteiger partial charge in [0.25, 0.3) is 0 Å². The van der Waals surface area contributed by atoms with Crippen molar-refractivity contribution in [1.29, 1.82) is 0 Å². The topological polar surface area (TPSA) is 9.23 Å². The molecule has 4 rings (SSSR count). The minimum absolute atomic E-state index is 0.0219. The Hall–Kier alpha value is -2.80. The summed E-state index contributed by atoms with van der Waals surface area (Å²) >= 11 is 0. The van der Waals surface area contributed by atoms with Crippen molar-refractivity contribution >= 4 is 6.08 Å². The monoisotopic (exact) mass is 298 g/mol. The van der Waals surface area contributed by atoms with Crippen LogP contribution in [0.15, 0.2) is 90.5 Å². The van der Waals surface area contributed by atoms with E-state index in [4.69, 9.17) is 4.74 Å². The van der Waals surface area contributed by atoms with Gasteiger partial charge in [-0.05, 0) is 28.3 Å². The van der Waals surface area contributed by atoms with Crippen molar-refractivity contribution in [3.63, 3.8) is 0 Å². The van der Waals surface area contributed by atoms with Crippen molar-refractivity contribution in [3.8, 4) is 5.75 Å². The highest BCUT2D eigenvalue weighted by atomic mass is 16.5. The van der Waals surface area contributed by atoms with Crippen molar-refractivity contribution in [3.05, 3.63) is 107 Å². The van der Waals surface area contributed by atoms with E-state index in [0.717, 1.165) is 12.2 Å². The van der Waals surface area contributed by atoms with Crippen molar-refractivity contribution < 1.29 is 4.74 Å². The Morgan fingerprint density at radius 3 is 2.17 bits per heavy atom. The minimum Gasteiger partial charge on any atom is -0.481 e. The first kappa shape index (κ1) is 13.8. The largest absolute Gasteiger partial charge is 0.481 e. The molecule has 23 heavy (non-hydrogen) atoms. The highest BCUT2D eigenvalue weighted by Crippen LogP contribution is 2.39. The van der Waals surface area contributed by atoms with E-state index in [1.807, 2.05) is 18.2 Å². The molecule has 0 fully saturated rings. The molecule has 0 amide bonds. The fraction of sp³-hybridized carbons (Fsp3) is 0.0909. The zero-order valence-corrected chi connectivity index (χ0v) is 12.9. The SMILES string of the molecule is C(=C1Cc2ccccc2OC1c1ccccc1)c1ccccc1. The predicted molar refractivity (Wildman–Crippen MR) is 94.4 cm³/mol. The van der Waals surface area contributed by atoms with Crippen LogP contribution in [-0.4, -0.2) is 0 Å². The highest BCUT2D eigenvalue weighted by molar-refractivity contribution is 5.58.